The van der Waals surface area contributed by atoms with Gasteiger partial charge in [-0.05, 0) is 51.6 Å². The van der Waals surface area contributed by atoms with E-state index in [1.165, 1.54) is 4.88 Å². The second kappa shape index (κ2) is 6.92. The molecule has 3 aromatic rings. The summed E-state index contributed by atoms with van der Waals surface area (Å²) in [7, 11) is 0. The van der Waals surface area contributed by atoms with Crippen molar-refractivity contribution in [2.75, 3.05) is 0 Å². The number of halogens is 3. The molecule has 0 aliphatic carbocycles. The quantitative estimate of drug-likeness (QED) is 0.355. The molecule has 0 N–H and O–H groups in total. The monoisotopic (exact) mass is 522 g/mol. The average molecular weight is 525 g/mol. The van der Waals surface area contributed by atoms with Crippen molar-refractivity contribution in [3.63, 3.8) is 0 Å². The van der Waals surface area contributed by atoms with E-state index in [0.29, 0.717) is 5.02 Å². The van der Waals surface area contributed by atoms with E-state index in [0.717, 1.165) is 38.0 Å². The summed E-state index contributed by atoms with van der Waals surface area (Å²) in [6, 6.07) is 16.2. The number of hydrazone groups is 1. The Morgan fingerprint density at radius 1 is 1.15 bits per heavy atom. The molecule has 7 heteroatoms. The van der Waals surface area contributed by atoms with Gasteiger partial charge in [-0.25, -0.2) is 5.01 Å². The van der Waals surface area contributed by atoms with Crippen LogP contribution in [-0.4, -0.2) is 10.7 Å². The number of hydrogen-bond acceptors (Lipinski definition) is 4. The van der Waals surface area contributed by atoms with Crippen molar-refractivity contribution >= 4 is 60.5 Å². The van der Waals surface area contributed by atoms with Crippen LogP contribution >= 0.6 is 54.8 Å². The van der Waals surface area contributed by atoms with Gasteiger partial charge in [-0.3, -0.25) is 0 Å². The molecule has 3 heterocycles. The van der Waals surface area contributed by atoms with E-state index in [4.69, 9.17) is 21.4 Å². The topological polar surface area (TPSA) is 24.8 Å². The van der Waals surface area contributed by atoms with E-state index < -0.39 is 0 Å². The predicted octanol–water partition coefficient (Wildman–Crippen LogP) is 7.17. The maximum atomic E-state index is 6.43. The maximum absolute atomic E-state index is 6.43. The first-order chi connectivity index (χ1) is 13.1. The molecule has 5 rings (SSSR count). The summed E-state index contributed by atoms with van der Waals surface area (Å²) in [5.74, 6) is 0.868. The average Bonchev–Trinajstić information content (AvgIpc) is 3.31. The van der Waals surface area contributed by atoms with Crippen LogP contribution in [-0.2, 0) is 0 Å². The molecular formula is C20H13Br2ClN2OS. The third kappa shape index (κ3) is 3.12. The first kappa shape index (κ1) is 17.7. The van der Waals surface area contributed by atoms with Crippen molar-refractivity contribution in [1.82, 2.24) is 5.01 Å². The minimum absolute atomic E-state index is 0.114. The van der Waals surface area contributed by atoms with E-state index in [2.05, 4.69) is 60.4 Å². The largest absolute Gasteiger partial charge is 0.463 e. The van der Waals surface area contributed by atoms with Crippen LogP contribution in [0.5, 0.6) is 5.75 Å². The number of benzene rings is 2. The highest BCUT2D eigenvalue weighted by Gasteiger charge is 2.42. The van der Waals surface area contributed by atoms with Crippen LogP contribution in [0.25, 0.3) is 0 Å². The zero-order valence-electron chi connectivity index (χ0n) is 13.9. The molecule has 1 aromatic heterocycles. The molecule has 2 aromatic carbocycles. The molecule has 0 unspecified atom stereocenters. The molecule has 0 fully saturated rings. The first-order valence-corrected chi connectivity index (χ1v) is 11.3. The van der Waals surface area contributed by atoms with Gasteiger partial charge in [-0.1, -0.05) is 45.7 Å². The normalized spacial score (nSPS) is 20.7. The van der Waals surface area contributed by atoms with Gasteiger partial charge >= 0.3 is 0 Å². The van der Waals surface area contributed by atoms with Gasteiger partial charge in [0, 0.05) is 27.0 Å². The molecule has 136 valence electrons. The fraction of sp³-hybridized carbons (Fsp3) is 0.150. The van der Waals surface area contributed by atoms with Crippen LogP contribution in [0, 0.1) is 0 Å². The Morgan fingerprint density at radius 3 is 2.81 bits per heavy atom. The van der Waals surface area contributed by atoms with Crippen LogP contribution in [0.15, 0.2) is 68.0 Å². The number of hydrogen-bond donors (Lipinski definition) is 0. The van der Waals surface area contributed by atoms with Gasteiger partial charge in [0.2, 0.25) is 6.23 Å². The molecule has 2 aliphatic heterocycles. The smallest absolute Gasteiger partial charge is 0.213 e. The van der Waals surface area contributed by atoms with E-state index in [1.807, 2.05) is 30.3 Å². The highest BCUT2D eigenvalue weighted by Crippen LogP contribution is 2.51. The van der Waals surface area contributed by atoms with Crippen LogP contribution in [0.1, 0.15) is 34.7 Å². The molecule has 0 bridgehead atoms. The summed E-state index contributed by atoms with van der Waals surface area (Å²) >= 11 is 15.2. The fourth-order valence-corrected chi connectivity index (χ4v) is 5.86. The van der Waals surface area contributed by atoms with Crippen molar-refractivity contribution in [3.8, 4) is 5.75 Å². The van der Waals surface area contributed by atoms with Gasteiger partial charge in [0.05, 0.1) is 21.1 Å². The van der Waals surface area contributed by atoms with Gasteiger partial charge in [0.25, 0.3) is 0 Å². The van der Waals surface area contributed by atoms with Crippen LogP contribution in [0.4, 0.5) is 0 Å². The number of nitrogens with zero attached hydrogens (tertiary/aromatic N) is 2. The van der Waals surface area contributed by atoms with E-state index >= 15 is 0 Å². The second-order valence-corrected chi connectivity index (χ2v) is 9.61. The Balaban J connectivity index is 1.65. The fourth-order valence-electron chi connectivity index (χ4n) is 3.59. The number of ether oxygens (including phenoxy) is 1. The Hall–Kier alpha value is -1.34. The van der Waals surface area contributed by atoms with Crippen molar-refractivity contribution < 1.29 is 4.74 Å². The van der Waals surface area contributed by atoms with E-state index in [-0.39, 0.29) is 12.3 Å². The molecule has 27 heavy (non-hydrogen) atoms. The Kier molecular flexibility index (Phi) is 4.55. The van der Waals surface area contributed by atoms with E-state index in [1.54, 1.807) is 11.3 Å². The molecule has 0 spiro atoms. The highest BCUT2D eigenvalue weighted by molar-refractivity contribution is 9.11. The number of fused-ring (bicyclic) bond motifs is 3. The SMILES string of the molecule is Clc1cccc([C@H]2Oc3c(Br)cc(Br)cc3[C@H]3CC(c4cccs4)=NN32)c1. The third-order valence-corrected chi connectivity index (χ3v) is 6.95. The highest BCUT2D eigenvalue weighted by atomic mass is 79.9. The van der Waals surface area contributed by atoms with Crippen LogP contribution in [0.2, 0.25) is 5.02 Å². The summed E-state index contributed by atoms with van der Waals surface area (Å²) in [5, 5.41) is 9.81. The van der Waals surface area contributed by atoms with Crippen molar-refractivity contribution in [2.24, 2.45) is 5.10 Å². The molecule has 0 radical (unpaired) electrons. The number of rotatable bonds is 2. The standard InChI is InChI=1S/C20H13Br2ClN2OS/c21-12-8-14-17-10-16(18-5-2-6-27-18)24-25(17)20(26-19(14)15(22)9-12)11-3-1-4-13(23)7-11/h1-9,17,20H,10H2/t17-,20-/m1/s1. The maximum Gasteiger partial charge on any atom is 0.213 e. The summed E-state index contributed by atoms with van der Waals surface area (Å²) in [4.78, 5) is 1.20. The molecular weight excluding hydrogens is 512 g/mol. The molecule has 2 atom stereocenters. The summed E-state index contributed by atoms with van der Waals surface area (Å²) in [5.41, 5.74) is 3.21. The Labute approximate surface area is 182 Å². The summed E-state index contributed by atoms with van der Waals surface area (Å²) in [6.45, 7) is 0. The van der Waals surface area contributed by atoms with Gasteiger partial charge in [0.15, 0.2) is 0 Å². The molecule has 2 aliphatic rings. The summed E-state index contributed by atoms with van der Waals surface area (Å²) in [6.07, 6.45) is 0.521. The van der Waals surface area contributed by atoms with Crippen molar-refractivity contribution in [3.05, 3.63) is 83.9 Å². The third-order valence-electron chi connectivity index (χ3n) is 4.75. The van der Waals surface area contributed by atoms with Gasteiger partial charge in [-0.2, -0.15) is 5.10 Å². The predicted molar refractivity (Wildman–Crippen MR) is 117 cm³/mol. The lowest BCUT2D eigenvalue weighted by Crippen LogP contribution is -2.33. The molecule has 0 amide bonds. The van der Waals surface area contributed by atoms with E-state index in [9.17, 15) is 0 Å². The van der Waals surface area contributed by atoms with Crippen molar-refractivity contribution in [1.29, 1.82) is 0 Å². The van der Waals surface area contributed by atoms with Crippen molar-refractivity contribution in [2.45, 2.75) is 18.7 Å². The Morgan fingerprint density at radius 2 is 2.04 bits per heavy atom. The number of thiophene rings is 1. The minimum Gasteiger partial charge on any atom is -0.463 e. The van der Waals surface area contributed by atoms with Gasteiger partial charge in [0.1, 0.15) is 5.75 Å². The lowest BCUT2D eigenvalue weighted by molar-refractivity contribution is -0.0197. The van der Waals surface area contributed by atoms with Gasteiger partial charge in [-0.15, -0.1) is 11.3 Å². The first-order valence-electron chi connectivity index (χ1n) is 8.41. The molecule has 3 nitrogen and oxygen atoms in total. The summed E-state index contributed by atoms with van der Waals surface area (Å²) < 4.78 is 8.38. The second-order valence-electron chi connectivity index (χ2n) is 6.46. The minimum atomic E-state index is -0.323. The lowest BCUT2D eigenvalue weighted by Gasteiger charge is -2.38. The van der Waals surface area contributed by atoms with Crippen LogP contribution in [0.3, 0.4) is 0 Å². The lowest BCUT2D eigenvalue weighted by atomic mass is 9.97. The zero-order chi connectivity index (χ0) is 18.5. The molecule has 0 saturated carbocycles. The van der Waals surface area contributed by atoms with Gasteiger partial charge < -0.3 is 4.74 Å². The van der Waals surface area contributed by atoms with Crippen LogP contribution < -0.4 is 4.74 Å². The molecule has 0 saturated heterocycles. The zero-order valence-corrected chi connectivity index (χ0v) is 18.6. The Bertz CT molecular complexity index is 1050.